The Morgan fingerprint density at radius 3 is 1.42 bits per heavy atom. The minimum Gasteiger partial charge on any atom is -0.380 e. The number of carbonyl (C=O) groups excluding carboxylic acids is 2. The highest BCUT2D eigenvalue weighted by atomic mass is 19.4. The standard InChI is InChI=1S/C20H34F6N2O3/c1-14(2)16(30)28(11-20(24,25)26)9-18(6,7)13-31-12-17(4,5)8-27(15(3)29)10-19(21,22)23/h14H,8-13H2,1-7H3. The molecule has 0 aromatic heterocycles. The van der Waals surface area contributed by atoms with E-state index in [-0.39, 0.29) is 26.3 Å². The lowest BCUT2D eigenvalue weighted by molar-refractivity contribution is -0.167. The smallest absolute Gasteiger partial charge is 0.380 e. The van der Waals surface area contributed by atoms with E-state index in [0.29, 0.717) is 4.90 Å². The predicted octanol–water partition coefficient (Wildman–Crippen LogP) is 4.51. The van der Waals surface area contributed by atoms with Crippen molar-refractivity contribution in [1.29, 1.82) is 0 Å². The summed E-state index contributed by atoms with van der Waals surface area (Å²) < 4.78 is 82.3. The number of ether oxygens (including phenoxy) is 1. The summed E-state index contributed by atoms with van der Waals surface area (Å²) in [7, 11) is 0. The Morgan fingerprint density at radius 2 is 1.10 bits per heavy atom. The van der Waals surface area contributed by atoms with Gasteiger partial charge in [-0.1, -0.05) is 41.5 Å². The lowest BCUT2D eigenvalue weighted by Crippen LogP contribution is -2.47. The molecule has 0 radical (unpaired) electrons. The molecule has 0 spiro atoms. The molecule has 2 amide bonds. The van der Waals surface area contributed by atoms with Gasteiger partial charge in [-0.2, -0.15) is 26.3 Å². The first kappa shape index (κ1) is 29.5. The van der Waals surface area contributed by atoms with Gasteiger partial charge in [0, 0.05) is 36.8 Å². The molecule has 0 aliphatic rings. The maximum Gasteiger partial charge on any atom is 0.406 e. The summed E-state index contributed by atoms with van der Waals surface area (Å²) >= 11 is 0. The van der Waals surface area contributed by atoms with Gasteiger partial charge in [0.2, 0.25) is 11.8 Å². The van der Waals surface area contributed by atoms with Gasteiger partial charge in [-0.3, -0.25) is 9.59 Å². The molecule has 0 aromatic rings. The molecule has 0 atom stereocenters. The van der Waals surface area contributed by atoms with E-state index < -0.39 is 54.0 Å². The van der Waals surface area contributed by atoms with Gasteiger partial charge < -0.3 is 14.5 Å². The van der Waals surface area contributed by atoms with E-state index in [2.05, 4.69) is 0 Å². The fraction of sp³-hybridized carbons (Fsp3) is 0.900. The number of hydrogen-bond donors (Lipinski definition) is 0. The highest BCUT2D eigenvalue weighted by Crippen LogP contribution is 2.26. The Kier molecular flexibility index (Phi) is 10.3. The van der Waals surface area contributed by atoms with Gasteiger partial charge in [0.1, 0.15) is 13.1 Å². The van der Waals surface area contributed by atoms with Crippen molar-refractivity contribution >= 4 is 11.8 Å². The second-order valence-electron chi connectivity index (χ2n) is 9.78. The number of amides is 2. The summed E-state index contributed by atoms with van der Waals surface area (Å²) in [5.41, 5.74) is -1.66. The van der Waals surface area contributed by atoms with E-state index in [4.69, 9.17) is 4.74 Å². The lowest BCUT2D eigenvalue weighted by Gasteiger charge is -2.36. The van der Waals surface area contributed by atoms with Gasteiger partial charge in [0.25, 0.3) is 0 Å². The Balaban J connectivity index is 5.00. The number of carbonyl (C=O) groups is 2. The molecular formula is C20H34F6N2O3. The molecule has 184 valence electrons. The largest absolute Gasteiger partial charge is 0.406 e. The summed E-state index contributed by atoms with van der Waals surface area (Å²) in [6.45, 7) is 7.44. The van der Waals surface area contributed by atoms with E-state index >= 15 is 0 Å². The third kappa shape index (κ3) is 13.5. The molecule has 5 nitrogen and oxygen atoms in total. The Labute approximate surface area is 180 Å². The summed E-state index contributed by atoms with van der Waals surface area (Å²) in [5.74, 6) is -1.96. The molecule has 0 bridgehead atoms. The number of halogens is 6. The molecule has 0 fully saturated rings. The summed E-state index contributed by atoms with van der Waals surface area (Å²) in [4.78, 5) is 25.2. The highest BCUT2D eigenvalue weighted by molar-refractivity contribution is 5.78. The SMILES string of the molecule is CC(=O)N(CC(F)(F)F)CC(C)(C)COCC(C)(C)CN(CC(F)(F)F)C(=O)C(C)C. The molecule has 0 aliphatic heterocycles. The highest BCUT2D eigenvalue weighted by Gasteiger charge is 2.37. The fourth-order valence-electron chi connectivity index (χ4n) is 3.02. The third-order valence-corrected chi connectivity index (χ3v) is 4.21. The van der Waals surface area contributed by atoms with E-state index in [1.807, 2.05) is 0 Å². The van der Waals surface area contributed by atoms with Crippen LogP contribution in [-0.4, -0.2) is 73.4 Å². The van der Waals surface area contributed by atoms with Crippen molar-refractivity contribution in [3.8, 4) is 0 Å². The van der Waals surface area contributed by atoms with Crippen molar-refractivity contribution < 1.29 is 40.7 Å². The van der Waals surface area contributed by atoms with Crippen LogP contribution in [0.2, 0.25) is 0 Å². The van der Waals surface area contributed by atoms with Crippen molar-refractivity contribution in [3.63, 3.8) is 0 Å². The van der Waals surface area contributed by atoms with Crippen LogP contribution < -0.4 is 0 Å². The minimum atomic E-state index is -4.54. The quantitative estimate of drug-likeness (QED) is 0.423. The van der Waals surface area contributed by atoms with Crippen molar-refractivity contribution in [2.24, 2.45) is 16.7 Å². The molecule has 0 saturated carbocycles. The van der Waals surface area contributed by atoms with Crippen LogP contribution in [0.15, 0.2) is 0 Å². The fourth-order valence-corrected chi connectivity index (χ4v) is 3.02. The van der Waals surface area contributed by atoms with Crippen LogP contribution in [-0.2, 0) is 14.3 Å². The second-order valence-corrected chi connectivity index (χ2v) is 9.78. The van der Waals surface area contributed by atoms with Gasteiger partial charge in [-0.05, 0) is 0 Å². The molecular weight excluding hydrogens is 430 g/mol. The van der Waals surface area contributed by atoms with Gasteiger partial charge in [0.05, 0.1) is 13.2 Å². The second kappa shape index (κ2) is 10.9. The first-order valence-corrected chi connectivity index (χ1v) is 9.90. The molecule has 0 N–H and O–H groups in total. The molecule has 0 rings (SSSR count). The van der Waals surface area contributed by atoms with E-state index in [9.17, 15) is 35.9 Å². The van der Waals surface area contributed by atoms with Crippen molar-refractivity contribution in [2.75, 3.05) is 39.4 Å². The van der Waals surface area contributed by atoms with Crippen molar-refractivity contribution in [1.82, 2.24) is 9.80 Å². The van der Waals surface area contributed by atoms with Crippen molar-refractivity contribution in [2.45, 2.75) is 60.8 Å². The summed E-state index contributed by atoms with van der Waals surface area (Å²) in [5, 5.41) is 0. The lowest BCUT2D eigenvalue weighted by atomic mass is 9.91. The maximum absolute atomic E-state index is 12.9. The number of hydrogen-bond acceptors (Lipinski definition) is 3. The van der Waals surface area contributed by atoms with Crippen LogP contribution >= 0.6 is 0 Å². The van der Waals surface area contributed by atoms with Crippen LogP contribution in [0.5, 0.6) is 0 Å². The normalized spacial score (nSPS) is 13.5. The minimum absolute atomic E-state index is 0.0183. The number of nitrogens with zero attached hydrogens (tertiary/aromatic N) is 2. The van der Waals surface area contributed by atoms with Crippen LogP contribution in [0.25, 0.3) is 0 Å². The molecule has 0 heterocycles. The first-order valence-electron chi connectivity index (χ1n) is 9.90. The maximum atomic E-state index is 12.9. The number of rotatable bonds is 11. The predicted molar refractivity (Wildman–Crippen MR) is 104 cm³/mol. The first-order chi connectivity index (χ1) is 13.6. The van der Waals surface area contributed by atoms with Gasteiger partial charge in [-0.25, -0.2) is 0 Å². The molecule has 11 heteroatoms. The Bertz CT molecular complexity index is 601. The van der Waals surface area contributed by atoms with Crippen LogP contribution in [0.4, 0.5) is 26.3 Å². The zero-order valence-electron chi connectivity index (χ0n) is 19.2. The number of alkyl halides is 6. The Hall–Kier alpha value is -1.52. The molecule has 0 saturated heterocycles. The van der Waals surface area contributed by atoms with E-state index in [1.54, 1.807) is 27.7 Å². The van der Waals surface area contributed by atoms with E-state index in [1.165, 1.54) is 13.8 Å². The van der Waals surface area contributed by atoms with Crippen LogP contribution in [0, 0.1) is 16.7 Å². The van der Waals surface area contributed by atoms with Gasteiger partial charge >= 0.3 is 12.4 Å². The molecule has 0 unspecified atom stereocenters. The van der Waals surface area contributed by atoms with Gasteiger partial charge in [0.15, 0.2) is 0 Å². The molecule has 0 aliphatic carbocycles. The van der Waals surface area contributed by atoms with E-state index in [0.717, 1.165) is 11.8 Å². The summed E-state index contributed by atoms with van der Waals surface area (Å²) in [6.07, 6.45) is -9.08. The van der Waals surface area contributed by atoms with Gasteiger partial charge in [-0.15, -0.1) is 0 Å². The monoisotopic (exact) mass is 464 g/mol. The third-order valence-electron chi connectivity index (χ3n) is 4.21. The average Bonchev–Trinajstić information content (AvgIpc) is 2.48. The van der Waals surface area contributed by atoms with Crippen LogP contribution in [0.1, 0.15) is 48.5 Å². The molecule has 31 heavy (non-hydrogen) atoms. The summed E-state index contributed by atoms with van der Waals surface area (Å²) in [6, 6.07) is 0. The van der Waals surface area contributed by atoms with Crippen molar-refractivity contribution in [3.05, 3.63) is 0 Å². The van der Waals surface area contributed by atoms with Crippen LogP contribution in [0.3, 0.4) is 0 Å². The zero-order valence-corrected chi connectivity index (χ0v) is 19.2. The topological polar surface area (TPSA) is 49.9 Å². The average molecular weight is 464 g/mol. The Morgan fingerprint density at radius 1 is 0.742 bits per heavy atom. The zero-order chi connectivity index (χ0) is 24.8. The molecule has 0 aromatic carbocycles.